The van der Waals surface area contributed by atoms with Crippen molar-refractivity contribution in [3.05, 3.63) is 48.0 Å². The van der Waals surface area contributed by atoms with E-state index in [4.69, 9.17) is 90.0 Å². The smallest absolute Gasteiger partial charge is 0.347 e. The van der Waals surface area contributed by atoms with E-state index in [1.807, 2.05) is 0 Å². The van der Waals surface area contributed by atoms with E-state index in [2.05, 4.69) is 0 Å². The average molecular weight is 1640 g/mol. The van der Waals surface area contributed by atoms with E-state index < -0.39 is 235 Å². The van der Waals surface area contributed by atoms with Gasteiger partial charge in [-0.1, -0.05) is 42.5 Å². The molecule has 1 aliphatic carbocycles. The maximum atomic E-state index is 14.3. The molecule has 642 valence electrons. The Balaban J connectivity index is 2.61. The van der Waals surface area contributed by atoms with Gasteiger partial charge in [-0.2, -0.15) is 0 Å². The van der Waals surface area contributed by atoms with Gasteiger partial charge >= 0.3 is 113 Å². The highest BCUT2D eigenvalue weighted by molar-refractivity contribution is 5.90. The van der Waals surface area contributed by atoms with Crippen LogP contribution in [-0.4, -0.2) is 229 Å². The topological polar surface area (TPSA) is 500 Å². The fraction of sp³-hybridized carbons (Fsp3) is 0.649. The minimum absolute atomic E-state index is 0.0183. The van der Waals surface area contributed by atoms with Crippen LogP contribution in [0.2, 0.25) is 0 Å². The largest absolute Gasteiger partial charge is 0.463 e. The molecular weight excluding hydrogens is 1530 g/mol. The number of hydrogen-bond acceptors (Lipinski definition) is 38. The summed E-state index contributed by atoms with van der Waals surface area (Å²) in [5, 5.41) is 0. The molecule has 0 spiro atoms. The number of hydrogen-bond donors (Lipinski definition) is 0. The van der Waals surface area contributed by atoms with Crippen molar-refractivity contribution < 1.29 is 181 Å². The molecule has 1 aromatic rings. The number of benzene rings is 1. The van der Waals surface area contributed by atoms with Crippen molar-refractivity contribution in [2.24, 2.45) is 11.8 Å². The van der Waals surface area contributed by atoms with Gasteiger partial charge in [-0.3, -0.25) is 19.2 Å². The molecule has 0 heterocycles. The normalized spacial score (nSPS) is 18.5. The van der Waals surface area contributed by atoms with Gasteiger partial charge < -0.3 is 90.0 Å². The molecule has 0 N–H and O–H groups in total. The van der Waals surface area contributed by atoms with Gasteiger partial charge in [0.1, 0.15) is 18.3 Å². The van der Waals surface area contributed by atoms with E-state index in [0.717, 1.165) is 109 Å². The number of unbranched alkanes of at least 4 members (excludes halogenated alkanes) is 1. The van der Waals surface area contributed by atoms with Gasteiger partial charge in [0.05, 0.1) is 6.10 Å². The van der Waals surface area contributed by atoms with Crippen LogP contribution in [0.5, 0.6) is 0 Å². The summed E-state index contributed by atoms with van der Waals surface area (Å²) < 4.78 is 99.4. The van der Waals surface area contributed by atoms with Crippen molar-refractivity contribution in [2.45, 2.75) is 312 Å². The quantitative estimate of drug-likeness (QED) is 0.0363. The highest BCUT2D eigenvalue weighted by Gasteiger charge is 2.48. The van der Waals surface area contributed by atoms with Crippen LogP contribution in [-0.2, 0) is 188 Å². The zero-order chi connectivity index (χ0) is 87.4. The Kier molecular flexibility index (Phi) is 43.0. The number of esters is 19. The van der Waals surface area contributed by atoms with E-state index in [1.165, 1.54) is 20.8 Å². The first-order valence-corrected chi connectivity index (χ1v) is 37.1. The molecule has 1 saturated carbocycles. The van der Waals surface area contributed by atoms with Crippen LogP contribution in [0.15, 0.2) is 42.5 Å². The Morgan fingerprint density at radius 2 is 0.574 bits per heavy atom. The predicted molar refractivity (Wildman–Crippen MR) is 384 cm³/mol. The minimum Gasteiger partial charge on any atom is -0.463 e. The van der Waals surface area contributed by atoms with Crippen molar-refractivity contribution in [1.82, 2.24) is 0 Å². The first-order valence-electron chi connectivity index (χ1n) is 37.1. The first-order chi connectivity index (χ1) is 53.6. The lowest BCUT2D eigenvalue weighted by atomic mass is 9.85. The average Bonchev–Trinajstić information content (AvgIpc) is 1.65. The SMILES string of the molecule is CC(=O)O[C@@H](C)C(=O)O[C@@H](C)C(=O)O[C@@H](C)C(=O)O[C@@H](C)C(=O)O[C@@H](C)C(=O)OC(CCc1ccccc1)CCC1C(OC(=O)[C@H](C)OC(=O)[C@H](C)OC(=O)[C@H](C)OC(=O)[C@H](C)OC(=O)[C@H](C)OC(C)=O)CC(OC(=O)[C@H](C)OC(=O)[C@H](C)OC(=O)[C@H](C)OC(=O)[C@H](C)OC(=O)[C@H](C)OC(C)=O)C1C/C=C\CCCC(=O)OC(C)C. The summed E-state index contributed by atoms with van der Waals surface area (Å²) in [4.78, 5) is 244. The molecule has 1 fully saturated rings. The predicted octanol–water partition coefficient (Wildman–Crippen LogP) is 4.87. The third-order valence-corrected chi connectivity index (χ3v) is 16.4. The van der Waals surface area contributed by atoms with Crippen LogP contribution in [0.1, 0.15) is 195 Å². The summed E-state index contributed by atoms with van der Waals surface area (Å²) in [6.07, 6.45) is -24.7. The fourth-order valence-corrected chi connectivity index (χ4v) is 10.3. The first kappa shape index (κ1) is 100.0. The maximum absolute atomic E-state index is 14.3. The lowest BCUT2D eigenvalue weighted by molar-refractivity contribution is -0.187. The van der Waals surface area contributed by atoms with E-state index in [1.54, 1.807) is 56.3 Å². The number of carbonyl (C=O) groups excluding carboxylic acids is 19. The number of allylic oxidation sites excluding steroid dienone is 2. The number of ether oxygens (including phenoxy) is 19. The molecule has 0 aromatic heterocycles. The minimum atomic E-state index is -1.80. The van der Waals surface area contributed by atoms with Crippen molar-refractivity contribution in [1.29, 1.82) is 0 Å². The van der Waals surface area contributed by atoms with Crippen molar-refractivity contribution >= 4 is 113 Å². The number of aryl methyl sites for hydroxylation is 1. The van der Waals surface area contributed by atoms with E-state index in [0.29, 0.717) is 12.8 Å². The summed E-state index contributed by atoms with van der Waals surface area (Å²) in [6, 6.07) is 8.89. The van der Waals surface area contributed by atoms with Crippen LogP contribution < -0.4 is 0 Å². The van der Waals surface area contributed by atoms with Gasteiger partial charge in [0.25, 0.3) is 0 Å². The van der Waals surface area contributed by atoms with E-state index in [-0.39, 0.29) is 51.0 Å². The molecule has 0 aliphatic heterocycles. The van der Waals surface area contributed by atoms with Crippen LogP contribution in [0.3, 0.4) is 0 Å². The molecule has 1 aliphatic rings. The summed E-state index contributed by atoms with van der Waals surface area (Å²) in [5.74, 6) is -22.9. The van der Waals surface area contributed by atoms with Gasteiger partial charge in [0.15, 0.2) is 91.6 Å². The van der Waals surface area contributed by atoms with Crippen LogP contribution in [0.4, 0.5) is 0 Å². The lowest BCUT2D eigenvalue weighted by Crippen LogP contribution is -2.39. The molecule has 0 saturated heterocycles. The Morgan fingerprint density at radius 3 is 0.852 bits per heavy atom. The molecule has 1 aromatic carbocycles. The third kappa shape index (κ3) is 37.2. The van der Waals surface area contributed by atoms with E-state index >= 15 is 0 Å². The maximum Gasteiger partial charge on any atom is 0.347 e. The molecule has 2 rings (SSSR count). The van der Waals surface area contributed by atoms with Crippen molar-refractivity contribution in [3.63, 3.8) is 0 Å². The molecule has 5 unspecified atom stereocenters. The van der Waals surface area contributed by atoms with Gasteiger partial charge in [-0.25, -0.2) is 71.9 Å². The summed E-state index contributed by atoms with van der Waals surface area (Å²) in [6.45, 7) is 23.2. The summed E-state index contributed by atoms with van der Waals surface area (Å²) in [7, 11) is 0. The molecule has 0 amide bonds. The highest BCUT2D eigenvalue weighted by atomic mass is 16.7. The van der Waals surface area contributed by atoms with Crippen LogP contribution >= 0.6 is 0 Å². The fourth-order valence-electron chi connectivity index (χ4n) is 10.3. The monoisotopic (exact) mass is 1640 g/mol. The van der Waals surface area contributed by atoms with Gasteiger partial charge in [0, 0.05) is 45.4 Å². The van der Waals surface area contributed by atoms with E-state index in [9.17, 15) is 91.1 Å². The Morgan fingerprint density at radius 1 is 0.313 bits per heavy atom. The second-order valence-electron chi connectivity index (χ2n) is 27.0. The Bertz CT molecular complexity index is 3580. The Labute approximate surface area is 664 Å². The highest BCUT2D eigenvalue weighted by Crippen LogP contribution is 2.43. The summed E-state index contributed by atoms with van der Waals surface area (Å²) >= 11 is 0. The number of rotatable bonds is 46. The van der Waals surface area contributed by atoms with Crippen molar-refractivity contribution in [2.75, 3.05) is 0 Å². The zero-order valence-electron chi connectivity index (χ0n) is 68.0. The molecule has 0 radical (unpaired) electrons. The van der Waals surface area contributed by atoms with Crippen molar-refractivity contribution in [3.8, 4) is 0 Å². The second-order valence-corrected chi connectivity index (χ2v) is 27.0. The van der Waals surface area contributed by atoms with Gasteiger partial charge in [0.2, 0.25) is 0 Å². The molecular formula is C77H106O38. The summed E-state index contributed by atoms with van der Waals surface area (Å²) in [5.41, 5.74) is 0.784. The van der Waals surface area contributed by atoms with Gasteiger partial charge in [-0.05, 0) is 168 Å². The molecule has 115 heavy (non-hydrogen) atoms. The molecule has 38 heteroatoms. The van der Waals surface area contributed by atoms with Crippen LogP contribution in [0.25, 0.3) is 0 Å². The zero-order valence-corrected chi connectivity index (χ0v) is 68.0. The second kappa shape index (κ2) is 49.5. The number of carbonyl (C=O) groups is 19. The van der Waals surface area contributed by atoms with Crippen LogP contribution in [0, 0.1) is 11.8 Å². The molecule has 20 atom stereocenters. The molecule has 38 nitrogen and oxygen atoms in total. The lowest BCUT2D eigenvalue weighted by Gasteiger charge is -2.29. The molecule has 0 bridgehead atoms. The third-order valence-electron chi connectivity index (χ3n) is 16.4. The standard InChI is InChI=1S/C77H106O38/c1-37(2)97-62(81)31-27-22-21-26-30-58-59(35-34-57(33-32-56-28-24-23-25-29-56)113-75(94)50(15)110-72(91)47(12)107-69(88)44(9)104-66(85)41(6)101-63(82)38(3)98-53(18)78)61(115-77(96)52(17)112-74(93)49(14)109-71(90)46(11)106-68(87)43(8)103-65(84)40(5)100-55(20)80)36-60(58)114-76(95)51(16)111-73(92)48(13)108-70(89)45(10)105-67(86)42(7)102-64(83)39(4)99-54(19)79/h21,23-26,28-29,37-52,57-61H,22,27,30-36H2,1-20H3/b26-21-/t38-,39-,40-,41-,42-,43-,44-,45-,46-,47-,48-,49-,50-,51-,52-,57?,58?,59?,60?,61?/m0/s1. The Hall–Kier alpha value is -11.1. The van der Waals surface area contributed by atoms with Gasteiger partial charge in [-0.15, -0.1) is 0 Å².